The number of carboxylic acid groups (broad SMARTS) is 1. The Bertz CT molecular complexity index is 375. The number of aliphatic carboxylic acids is 1. The largest absolute Gasteiger partial charge is 0.480 e. The number of aryl methyl sites for hydroxylation is 1. The van der Waals surface area contributed by atoms with Gasteiger partial charge in [-0.05, 0) is 18.9 Å². The third kappa shape index (κ3) is 4.47. The SMILES string of the molecule is CCCC(NCC(O)c1ccc(C)cc1)C(=O)O. The van der Waals surface area contributed by atoms with Gasteiger partial charge in [0, 0.05) is 6.54 Å². The van der Waals surface area contributed by atoms with Crippen molar-refractivity contribution in [3.63, 3.8) is 0 Å². The van der Waals surface area contributed by atoms with Crippen LogP contribution in [0.5, 0.6) is 0 Å². The van der Waals surface area contributed by atoms with Crippen molar-refractivity contribution >= 4 is 5.97 Å². The first-order chi connectivity index (χ1) is 8.54. The van der Waals surface area contributed by atoms with Gasteiger partial charge in [0.15, 0.2) is 0 Å². The molecule has 0 spiro atoms. The number of aliphatic hydroxyl groups is 1. The Labute approximate surface area is 108 Å². The molecule has 0 saturated heterocycles. The second kappa shape index (κ2) is 7.13. The van der Waals surface area contributed by atoms with Crippen LogP contribution < -0.4 is 5.32 Å². The van der Waals surface area contributed by atoms with Crippen LogP contribution in [-0.4, -0.2) is 28.8 Å². The average molecular weight is 251 g/mol. The van der Waals surface area contributed by atoms with E-state index in [2.05, 4.69) is 5.32 Å². The molecule has 0 aliphatic heterocycles. The fourth-order valence-electron chi connectivity index (χ4n) is 1.76. The first kappa shape index (κ1) is 14.7. The second-order valence-electron chi connectivity index (χ2n) is 4.51. The highest BCUT2D eigenvalue weighted by molar-refractivity contribution is 5.73. The van der Waals surface area contributed by atoms with Gasteiger partial charge in [-0.25, -0.2) is 0 Å². The summed E-state index contributed by atoms with van der Waals surface area (Å²) < 4.78 is 0. The summed E-state index contributed by atoms with van der Waals surface area (Å²) in [5, 5.41) is 21.8. The number of aliphatic hydroxyl groups excluding tert-OH is 1. The molecule has 2 atom stereocenters. The number of hydrogen-bond acceptors (Lipinski definition) is 3. The van der Waals surface area contributed by atoms with Crippen LogP contribution in [0.3, 0.4) is 0 Å². The molecule has 3 N–H and O–H groups in total. The number of carbonyl (C=O) groups is 1. The lowest BCUT2D eigenvalue weighted by Gasteiger charge is -2.17. The van der Waals surface area contributed by atoms with Gasteiger partial charge in [0.25, 0.3) is 0 Å². The van der Waals surface area contributed by atoms with Crippen molar-refractivity contribution in [2.45, 2.75) is 38.8 Å². The van der Waals surface area contributed by atoms with Crippen LogP contribution >= 0.6 is 0 Å². The van der Waals surface area contributed by atoms with E-state index in [4.69, 9.17) is 5.11 Å². The molecule has 0 aliphatic rings. The van der Waals surface area contributed by atoms with E-state index < -0.39 is 18.1 Å². The minimum absolute atomic E-state index is 0.250. The number of benzene rings is 1. The van der Waals surface area contributed by atoms with Crippen LogP contribution in [0, 0.1) is 6.92 Å². The Hall–Kier alpha value is -1.39. The molecule has 0 saturated carbocycles. The van der Waals surface area contributed by atoms with Crippen LogP contribution in [0.25, 0.3) is 0 Å². The van der Waals surface area contributed by atoms with Gasteiger partial charge in [0.2, 0.25) is 0 Å². The van der Waals surface area contributed by atoms with E-state index >= 15 is 0 Å². The number of carboxylic acids is 1. The summed E-state index contributed by atoms with van der Waals surface area (Å²) in [6.07, 6.45) is 0.685. The normalized spacial score (nSPS) is 14.2. The van der Waals surface area contributed by atoms with Crippen molar-refractivity contribution in [2.75, 3.05) is 6.54 Å². The van der Waals surface area contributed by atoms with Gasteiger partial charge in [0.05, 0.1) is 6.10 Å². The predicted molar refractivity (Wildman–Crippen MR) is 70.5 cm³/mol. The molecule has 0 aromatic heterocycles. The zero-order chi connectivity index (χ0) is 13.5. The average Bonchev–Trinajstić information content (AvgIpc) is 2.34. The van der Waals surface area contributed by atoms with Gasteiger partial charge in [0.1, 0.15) is 6.04 Å². The lowest BCUT2D eigenvalue weighted by atomic mass is 10.1. The minimum Gasteiger partial charge on any atom is -0.480 e. The van der Waals surface area contributed by atoms with Gasteiger partial charge < -0.3 is 15.5 Å². The fourth-order valence-corrected chi connectivity index (χ4v) is 1.76. The zero-order valence-electron chi connectivity index (χ0n) is 10.9. The van der Waals surface area contributed by atoms with E-state index in [0.29, 0.717) is 6.42 Å². The third-order valence-electron chi connectivity index (χ3n) is 2.90. The highest BCUT2D eigenvalue weighted by Crippen LogP contribution is 2.13. The summed E-state index contributed by atoms with van der Waals surface area (Å²) in [4.78, 5) is 10.9. The van der Waals surface area contributed by atoms with Crippen molar-refractivity contribution in [2.24, 2.45) is 0 Å². The van der Waals surface area contributed by atoms with Crippen LogP contribution in [-0.2, 0) is 4.79 Å². The molecule has 4 heteroatoms. The van der Waals surface area contributed by atoms with E-state index in [9.17, 15) is 9.90 Å². The van der Waals surface area contributed by atoms with Gasteiger partial charge in [-0.15, -0.1) is 0 Å². The Morgan fingerprint density at radius 3 is 2.44 bits per heavy atom. The molecule has 1 aromatic rings. The molecule has 4 nitrogen and oxygen atoms in total. The summed E-state index contributed by atoms with van der Waals surface area (Å²) in [6.45, 7) is 4.17. The molecule has 0 radical (unpaired) electrons. The quantitative estimate of drug-likeness (QED) is 0.692. The van der Waals surface area contributed by atoms with Crippen LogP contribution in [0.4, 0.5) is 0 Å². The molecule has 0 aliphatic carbocycles. The summed E-state index contributed by atoms with van der Waals surface area (Å²) >= 11 is 0. The molecule has 0 fully saturated rings. The zero-order valence-corrected chi connectivity index (χ0v) is 10.9. The first-order valence-corrected chi connectivity index (χ1v) is 6.25. The number of rotatable bonds is 7. The van der Waals surface area contributed by atoms with Crippen LogP contribution in [0.1, 0.15) is 37.0 Å². The van der Waals surface area contributed by atoms with Crippen LogP contribution in [0.15, 0.2) is 24.3 Å². The van der Waals surface area contributed by atoms with E-state index in [1.54, 1.807) is 0 Å². The molecule has 0 bridgehead atoms. The highest BCUT2D eigenvalue weighted by Gasteiger charge is 2.17. The van der Waals surface area contributed by atoms with E-state index in [-0.39, 0.29) is 6.54 Å². The van der Waals surface area contributed by atoms with Crippen molar-refractivity contribution in [1.82, 2.24) is 5.32 Å². The minimum atomic E-state index is -0.868. The Balaban J connectivity index is 2.51. The molecule has 0 amide bonds. The molecule has 100 valence electrons. The highest BCUT2D eigenvalue weighted by atomic mass is 16.4. The third-order valence-corrected chi connectivity index (χ3v) is 2.90. The first-order valence-electron chi connectivity index (χ1n) is 6.25. The molecular weight excluding hydrogens is 230 g/mol. The molecule has 0 heterocycles. The van der Waals surface area contributed by atoms with Gasteiger partial charge in [-0.1, -0.05) is 43.2 Å². The van der Waals surface area contributed by atoms with E-state index in [1.807, 2.05) is 38.1 Å². The molecular formula is C14H21NO3. The number of nitrogens with one attached hydrogen (secondary N) is 1. The molecule has 1 aromatic carbocycles. The second-order valence-corrected chi connectivity index (χ2v) is 4.51. The maximum atomic E-state index is 10.9. The summed E-state index contributed by atoms with van der Waals surface area (Å²) in [5.74, 6) is -0.868. The Morgan fingerprint density at radius 2 is 1.94 bits per heavy atom. The van der Waals surface area contributed by atoms with Crippen molar-refractivity contribution < 1.29 is 15.0 Å². The topological polar surface area (TPSA) is 69.6 Å². The molecule has 18 heavy (non-hydrogen) atoms. The fraction of sp³-hybridized carbons (Fsp3) is 0.500. The summed E-state index contributed by atoms with van der Waals surface area (Å²) in [5.41, 5.74) is 1.93. The van der Waals surface area contributed by atoms with Crippen LogP contribution in [0.2, 0.25) is 0 Å². The summed E-state index contributed by atoms with van der Waals surface area (Å²) in [7, 11) is 0. The van der Waals surface area contributed by atoms with Gasteiger partial charge in [-0.2, -0.15) is 0 Å². The van der Waals surface area contributed by atoms with E-state index in [1.165, 1.54) is 0 Å². The van der Waals surface area contributed by atoms with E-state index in [0.717, 1.165) is 17.5 Å². The maximum Gasteiger partial charge on any atom is 0.320 e. The number of hydrogen-bond donors (Lipinski definition) is 3. The maximum absolute atomic E-state index is 10.9. The van der Waals surface area contributed by atoms with Crippen molar-refractivity contribution in [1.29, 1.82) is 0 Å². The predicted octanol–water partition coefficient (Wildman–Crippen LogP) is 1.87. The van der Waals surface area contributed by atoms with Crippen molar-refractivity contribution in [3.8, 4) is 0 Å². The smallest absolute Gasteiger partial charge is 0.320 e. The molecule has 2 unspecified atom stereocenters. The molecule has 1 rings (SSSR count). The van der Waals surface area contributed by atoms with Gasteiger partial charge in [-0.3, -0.25) is 4.79 Å². The standard InChI is InChI=1S/C14H21NO3/c1-3-4-12(14(17)18)15-9-13(16)11-7-5-10(2)6-8-11/h5-8,12-13,15-16H,3-4,9H2,1-2H3,(H,17,18). The monoisotopic (exact) mass is 251 g/mol. The van der Waals surface area contributed by atoms with Gasteiger partial charge >= 0.3 is 5.97 Å². The Kier molecular flexibility index (Phi) is 5.82. The summed E-state index contributed by atoms with van der Waals surface area (Å²) in [6, 6.07) is 6.99. The van der Waals surface area contributed by atoms with Crippen molar-refractivity contribution in [3.05, 3.63) is 35.4 Å². The lowest BCUT2D eigenvalue weighted by Crippen LogP contribution is -2.38. The Morgan fingerprint density at radius 1 is 1.33 bits per heavy atom. The lowest BCUT2D eigenvalue weighted by molar-refractivity contribution is -0.139.